The van der Waals surface area contributed by atoms with Crippen LogP contribution >= 0.6 is 0 Å². The van der Waals surface area contributed by atoms with Gasteiger partial charge in [-0.2, -0.15) is 0 Å². The minimum Gasteiger partial charge on any atom is -0.300 e. The molecule has 1 nitrogen and oxygen atoms in total. The first-order chi connectivity index (χ1) is 11.3. The molecule has 0 aliphatic heterocycles. The van der Waals surface area contributed by atoms with Crippen molar-refractivity contribution in [3.63, 3.8) is 0 Å². The molecule has 0 aliphatic carbocycles. The summed E-state index contributed by atoms with van der Waals surface area (Å²) in [7, 11) is 0. The zero-order chi connectivity index (χ0) is 17.2. The SMILES string of the molecule is CCCCCCCC(CCCCCCC)N(CCC)CCCC. The lowest BCUT2D eigenvalue weighted by Gasteiger charge is -2.32. The molecule has 0 atom stereocenters. The monoisotopic (exact) mass is 325 g/mol. The molecule has 1 heteroatoms. The molecule has 0 spiro atoms. The van der Waals surface area contributed by atoms with Gasteiger partial charge in [-0.05, 0) is 38.8 Å². The van der Waals surface area contributed by atoms with Crippen LogP contribution < -0.4 is 0 Å². The molecule has 0 aliphatic rings. The molecule has 0 aromatic heterocycles. The number of unbranched alkanes of at least 4 members (excludes halogenated alkanes) is 9. The molecule has 0 radical (unpaired) electrons. The molecule has 140 valence electrons. The standard InChI is InChI=1S/C22H47N/c1-5-9-12-14-16-18-22(19-17-15-13-10-6-2)23(20-8-4)21-11-7-3/h22H,5-21H2,1-4H3. The van der Waals surface area contributed by atoms with Crippen molar-refractivity contribution in [1.29, 1.82) is 0 Å². The Morgan fingerprint density at radius 3 is 1.39 bits per heavy atom. The van der Waals surface area contributed by atoms with Gasteiger partial charge in [0, 0.05) is 6.04 Å². The van der Waals surface area contributed by atoms with Crippen LogP contribution in [0.2, 0.25) is 0 Å². The second-order valence-corrected chi connectivity index (χ2v) is 7.45. The van der Waals surface area contributed by atoms with Crippen LogP contribution in [0.15, 0.2) is 0 Å². The number of hydrogen-bond donors (Lipinski definition) is 0. The van der Waals surface area contributed by atoms with E-state index in [-0.39, 0.29) is 0 Å². The minimum absolute atomic E-state index is 0.866. The van der Waals surface area contributed by atoms with Crippen molar-refractivity contribution in [3.8, 4) is 0 Å². The van der Waals surface area contributed by atoms with Crippen molar-refractivity contribution in [3.05, 3.63) is 0 Å². The largest absolute Gasteiger partial charge is 0.300 e. The highest BCUT2D eigenvalue weighted by atomic mass is 15.1. The van der Waals surface area contributed by atoms with Gasteiger partial charge in [-0.25, -0.2) is 0 Å². The van der Waals surface area contributed by atoms with Gasteiger partial charge >= 0.3 is 0 Å². The van der Waals surface area contributed by atoms with E-state index in [0.717, 1.165) is 6.04 Å². The van der Waals surface area contributed by atoms with Crippen molar-refractivity contribution in [1.82, 2.24) is 4.90 Å². The van der Waals surface area contributed by atoms with Crippen molar-refractivity contribution in [2.45, 2.75) is 130 Å². The van der Waals surface area contributed by atoms with E-state index in [1.54, 1.807) is 0 Å². The van der Waals surface area contributed by atoms with E-state index in [0.29, 0.717) is 0 Å². The Morgan fingerprint density at radius 1 is 0.478 bits per heavy atom. The highest BCUT2D eigenvalue weighted by Crippen LogP contribution is 2.19. The van der Waals surface area contributed by atoms with Crippen LogP contribution in [-0.2, 0) is 0 Å². The zero-order valence-corrected chi connectivity index (χ0v) is 17.0. The van der Waals surface area contributed by atoms with Crippen molar-refractivity contribution in [2.24, 2.45) is 0 Å². The Hall–Kier alpha value is -0.0400. The van der Waals surface area contributed by atoms with Crippen LogP contribution in [0, 0.1) is 0 Å². The summed E-state index contributed by atoms with van der Waals surface area (Å²) in [5.41, 5.74) is 0. The summed E-state index contributed by atoms with van der Waals surface area (Å²) < 4.78 is 0. The summed E-state index contributed by atoms with van der Waals surface area (Å²) in [4.78, 5) is 2.84. The van der Waals surface area contributed by atoms with Crippen LogP contribution in [0.1, 0.15) is 124 Å². The van der Waals surface area contributed by atoms with Gasteiger partial charge in [-0.3, -0.25) is 0 Å². The van der Waals surface area contributed by atoms with Gasteiger partial charge in [0.05, 0.1) is 0 Å². The molecule has 0 heterocycles. The van der Waals surface area contributed by atoms with Crippen LogP contribution in [0.5, 0.6) is 0 Å². The summed E-state index contributed by atoms with van der Waals surface area (Å²) in [6, 6.07) is 0.866. The van der Waals surface area contributed by atoms with E-state index in [1.165, 1.54) is 109 Å². The average Bonchev–Trinajstić information content (AvgIpc) is 2.56. The van der Waals surface area contributed by atoms with Gasteiger partial charge in [0.15, 0.2) is 0 Å². The van der Waals surface area contributed by atoms with Crippen molar-refractivity contribution < 1.29 is 0 Å². The Labute approximate surface area is 148 Å². The Morgan fingerprint density at radius 2 is 0.957 bits per heavy atom. The molecule has 0 saturated heterocycles. The van der Waals surface area contributed by atoms with Crippen LogP contribution in [0.3, 0.4) is 0 Å². The van der Waals surface area contributed by atoms with E-state index < -0.39 is 0 Å². The fourth-order valence-electron chi connectivity index (χ4n) is 3.60. The lowest BCUT2D eigenvalue weighted by Crippen LogP contribution is -2.36. The Kier molecular flexibility index (Phi) is 18.3. The van der Waals surface area contributed by atoms with Gasteiger partial charge in [-0.1, -0.05) is 98.3 Å². The van der Waals surface area contributed by atoms with E-state index >= 15 is 0 Å². The van der Waals surface area contributed by atoms with Gasteiger partial charge in [-0.15, -0.1) is 0 Å². The molecular formula is C22H47N. The van der Waals surface area contributed by atoms with E-state index in [2.05, 4.69) is 32.6 Å². The summed E-state index contributed by atoms with van der Waals surface area (Å²) in [5.74, 6) is 0. The number of rotatable bonds is 18. The maximum atomic E-state index is 2.84. The molecular weight excluding hydrogens is 278 g/mol. The lowest BCUT2D eigenvalue weighted by atomic mass is 9.98. The maximum absolute atomic E-state index is 2.84. The molecule has 0 saturated carbocycles. The van der Waals surface area contributed by atoms with E-state index in [4.69, 9.17) is 0 Å². The quantitative estimate of drug-likeness (QED) is 0.235. The second kappa shape index (κ2) is 18.3. The number of nitrogens with zero attached hydrogens (tertiary/aromatic N) is 1. The summed E-state index contributed by atoms with van der Waals surface area (Å²) in [5, 5.41) is 0. The molecule has 0 rings (SSSR count). The van der Waals surface area contributed by atoms with E-state index in [1.807, 2.05) is 0 Å². The molecule has 0 amide bonds. The van der Waals surface area contributed by atoms with Gasteiger partial charge in [0.25, 0.3) is 0 Å². The van der Waals surface area contributed by atoms with Crippen LogP contribution in [0.4, 0.5) is 0 Å². The molecule has 0 aromatic rings. The van der Waals surface area contributed by atoms with Gasteiger partial charge in [0.1, 0.15) is 0 Å². The Balaban J connectivity index is 4.24. The average molecular weight is 326 g/mol. The maximum Gasteiger partial charge on any atom is 0.00952 e. The fraction of sp³-hybridized carbons (Fsp3) is 1.00. The topological polar surface area (TPSA) is 3.24 Å². The summed E-state index contributed by atoms with van der Waals surface area (Å²) in [6.07, 6.45) is 21.2. The predicted octanol–water partition coefficient (Wildman–Crippen LogP) is 7.59. The third-order valence-corrected chi connectivity index (χ3v) is 5.11. The third kappa shape index (κ3) is 14.0. The third-order valence-electron chi connectivity index (χ3n) is 5.11. The van der Waals surface area contributed by atoms with Crippen molar-refractivity contribution in [2.75, 3.05) is 13.1 Å². The molecule has 0 fully saturated rings. The first kappa shape index (κ1) is 23.0. The number of hydrogen-bond acceptors (Lipinski definition) is 1. The fourth-order valence-corrected chi connectivity index (χ4v) is 3.60. The van der Waals surface area contributed by atoms with Gasteiger partial charge in [0.2, 0.25) is 0 Å². The highest BCUT2D eigenvalue weighted by Gasteiger charge is 2.16. The minimum atomic E-state index is 0.866. The summed E-state index contributed by atoms with van der Waals surface area (Å²) in [6.45, 7) is 11.9. The van der Waals surface area contributed by atoms with Crippen molar-refractivity contribution >= 4 is 0 Å². The molecule has 0 bridgehead atoms. The first-order valence-corrected chi connectivity index (χ1v) is 11.0. The zero-order valence-electron chi connectivity index (χ0n) is 17.0. The predicted molar refractivity (Wildman–Crippen MR) is 107 cm³/mol. The normalized spacial score (nSPS) is 11.7. The molecule has 23 heavy (non-hydrogen) atoms. The smallest absolute Gasteiger partial charge is 0.00952 e. The van der Waals surface area contributed by atoms with Crippen LogP contribution in [-0.4, -0.2) is 24.0 Å². The molecule has 0 N–H and O–H groups in total. The van der Waals surface area contributed by atoms with Gasteiger partial charge < -0.3 is 4.90 Å². The van der Waals surface area contributed by atoms with Crippen LogP contribution in [0.25, 0.3) is 0 Å². The summed E-state index contributed by atoms with van der Waals surface area (Å²) >= 11 is 0. The first-order valence-electron chi connectivity index (χ1n) is 11.0. The Bertz CT molecular complexity index is 200. The van der Waals surface area contributed by atoms with E-state index in [9.17, 15) is 0 Å². The highest BCUT2D eigenvalue weighted by molar-refractivity contribution is 4.72. The lowest BCUT2D eigenvalue weighted by molar-refractivity contribution is 0.168. The molecule has 0 aromatic carbocycles. The molecule has 0 unspecified atom stereocenters. The second-order valence-electron chi connectivity index (χ2n) is 7.45.